The van der Waals surface area contributed by atoms with Crippen LogP contribution >= 0.6 is 0 Å². The van der Waals surface area contributed by atoms with Crippen LogP contribution in [0, 0.1) is 6.92 Å². The summed E-state index contributed by atoms with van der Waals surface area (Å²) in [7, 11) is 0. The topological polar surface area (TPSA) is 109 Å². The number of rotatable bonds is 52. The van der Waals surface area contributed by atoms with E-state index in [0.717, 1.165) is 60.6 Å². The number of carbonyl (C=O) groups is 3. The molecule has 4 aromatic rings. The Hall–Kier alpha value is -4.98. The summed E-state index contributed by atoms with van der Waals surface area (Å²) in [6, 6.07) is 26.4. The van der Waals surface area contributed by atoms with E-state index in [0.29, 0.717) is 43.8 Å². The minimum absolute atomic E-state index is 0.0615. The molecule has 0 saturated carbocycles. The third-order valence-electron chi connectivity index (χ3n) is 16.3. The van der Waals surface area contributed by atoms with Crippen molar-refractivity contribution in [3.05, 3.63) is 124 Å². The first-order chi connectivity index (χ1) is 42.2. The highest BCUT2D eigenvalue weighted by molar-refractivity contribution is 5.82. The fourth-order valence-electron chi connectivity index (χ4n) is 10.8. The number of ether oxygens (including phenoxy) is 3. The van der Waals surface area contributed by atoms with Crippen molar-refractivity contribution in [2.75, 3.05) is 0 Å². The number of allylic oxidation sites excluding steroid dienone is 2. The Labute approximate surface area is 525 Å². The molecular weight excluding hydrogens is 1060 g/mol. The van der Waals surface area contributed by atoms with Crippen molar-refractivity contribution in [2.45, 2.75) is 336 Å². The van der Waals surface area contributed by atoms with Crippen LogP contribution in [0.1, 0.15) is 333 Å². The normalized spacial score (nSPS) is 11.1. The van der Waals surface area contributed by atoms with Crippen molar-refractivity contribution >= 4 is 28.9 Å². The summed E-state index contributed by atoms with van der Waals surface area (Å²) in [4.78, 5) is 47.1. The zero-order chi connectivity index (χ0) is 61.9. The van der Waals surface area contributed by atoms with Gasteiger partial charge in [-0.25, -0.2) is 4.79 Å². The van der Waals surface area contributed by atoms with Crippen LogP contribution in [0.5, 0.6) is 5.75 Å². The Kier molecular flexibility index (Phi) is 51.8. The number of benzene rings is 3. The summed E-state index contributed by atoms with van der Waals surface area (Å²) in [5.74, 6) is 0.0660. The van der Waals surface area contributed by atoms with Crippen LogP contribution in [0.3, 0.4) is 0 Å². The number of unbranched alkanes of at least 4 members (excludes halogenated alkanes) is 39. The Morgan fingerprint density at radius 1 is 0.372 bits per heavy atom. The molecule has 0 unspecified atom stereocenters. The molecule has 86 heavy (non-hydrogen) atoms. The molecular formula is C78H124O8. The van der Waals surface area contributed by atoms with Gasteiger partial charge < -0.3 is 18.6 Å². The zero-order valence-corrected chi connectivity index (χ0v) is 55.4. The van der Waals surface area contributed by atoms with Crippen LogP contribution in [0.2, 0.25) is 0 Å². The number of carbonyl (C=O) groups excluding carboxylic acids is 3. The second kappa shape index (κ2) is 57.7. The van der Waals surface area contributed by atoms with E-state index in [4.69, 9.17) is 18.6 Å². The van der Waals surface area contributed by atoms with E-state index in [9.17, 15) is 19.2 Å². The van der Waals surface area contributed by atoms with E-state index >= 15 is 0 Å². The molecule has 8 heteroatoms. The van der Waals surface area contributed by atoms with E-state index < -0.39 is 5.63 Å². The summed E-state index contributed by atoms with van der Waals surface area (Å²) in [5.41, 5.74) is 3.02. The molecule has 1 aromatic heterocycles. The van der Waals surface area contributed by atoms with E-state index in [2.05, 4.69) is 32.9 Å². The molecule has 0 atom stereocenters. The first kappa shape index (κ1) is 77.1. The van der Waals surface area contributed by atoms with Crippen LogP contribution in [-0.4, -0.2) is 17.9 Å². The van der Waals surface area contributed by atoms with Gasteiger partial charge in [-0.3, -0.25) is 14.4 Å². The Bertz CT molecular complexity index is 2270. The van der Waals surface area contributed by atoms with E-state index in [-0.39, 0.29) is 17.9 Å². The molecule has 0 saturated heterocycles. The van der Waals surface area contributed by atoms with Gasteiger partial charge in [0.2, 0.25) is 0 Å². The molecule has 0 bridgehead atoms. The number of esters is 3. The van der Waals surface area contributed by atoms with Crippen LogP contribution < -0.4 is 10.4 Å². The molecule has 0 spiro atoms. The number of fused-ring (bicyclic) bond motifs is 1. The maximum atomic E-state index is 12.1. The van der Waals surface area contributed by atoms with Gasteiger partial charge in [-0.2, -0.15) is 0 Å². The lowest BCUT2D eigenvalue weighted by Crippen LogP contribution is -2.07. The highest BCUT2D eigenvalue weighted by Crippen LogP contribution is 2.24. The summed E-state index contributed by atoms with van der Waals surface area (Å²) in [6.45, 7) is 9.47. The fourth-order valence-corrected chi connectivity index (χ4v) is 10.8. The molecule has 0 aliphatic heterocycles. The van der Waals surface area contributed by atoms with Gasteiger partial charge in [-0.1, -0.05) is 325 Å². The molecule has 0 N–H and O–H groups in total. The van der Waals surface area contributed by atoms with E-state index in [1.165, 1.54) is 244 Å². The summed E-state index contributed by atoms with van der Waals surface area (Å²) in [6.07, 6.45) is 62.5. The molecule has 0 fully saturated rings. The average molecular weight is 1190 g/mol. The zero-order valence-electron chi connectivity index (χ0n) is 55.4. The lowest BCUT2D eigenvalue weighted by Gasteiger charge is -2.06. The Morgan fingerprint density at radius 2 is 0.686 bits per heavy atom. The molecule has 0 aliphatic rings. The molecule has 0 amide bonds. The van der Waals surface area contributed by atoms with Gasteiger partial charge in [0.25, 0.3) is 0 Å². The van der Waals surface area contributed by atoms with Gasteiger partial charge in [-0.05, 0) is 80.7 Å². The number of hydrogen-bond acceptors (Lipinski definition) is 8. The fraction of sp³-hybridized carbons (Fsp3) is 0.667. The maximum Gasteiger partial charge on any atom is 0.336 e. The third-order valence-corrected chi connectivity index (χ3v) is 16.3. The predicted octanol–water partition coefficient (Wildman–Crippen LogP) is 24.0. The van der Waals surface area contributed by atoms with Gasteiger partial charge in [0, 0.05) is 36.8 Å². The van der Waals surface area contributed by atoms with Crippen molar-refractivity contribution in [2.24, 2.45) is 0 Å². The second-order valence-corrected chi connectivity index (χ2v) is 24.4. The largest absolute Gasteiger partial charge is 0.461 e. The lowest BCUT2D eigenvalue weighted by molar-refractivity contribution is -0.146. The highest BCUT2D eigenvalue weighted by atomic mass is 16.5. The molecule has 0 aliphatic carbocycles. The van der Waals surface area contributed by atoms with Gasteiger partial charge in [0.05, 0.1) is 0 Å². The van der Waals surface area contributed by atoms with Crippen LogP contribution in [0.15, 0.2) is 106 Å². The first-order valence-corrected chi connectivity index (χ1v) is 35.5. The lowest BCUT2D eigenvalue weighted by atomic mass is 10.0. The molecule has 4 rings (SSSR count). The van der Waals surface area contributed by atoms with Gasteiger partial charge in [-0.15, -0.1) is 0 Å². The molecule has 1 heterocycles. The first-order valence-electron chi connectivity index (χ1n) is 35.5. The second-order valence-electron chi connectivity index (χ2n) is 24.4. The van der Waals surface area contributed by atoms with Crippen molar-refractivity contribution in [3.63, 3.8) is 0 Å². The summed E-state index contributed by atoms with van der Waals surface area (Å²) >= 11 is 0. The number of aryl methyl sites for hydroxylation is 1. The van der Waals surface area contributed by atoms with Crippen LogP contribution in [0.4, 0.5) is 0 Å². The smallest absolute Gasteiger partial charge is 0.336 e. The Balaban J connectivity index is 0.000000443. The Morgan fingerprint density at radius 3 is 1.03 bits per heavy atom. The predicted molar refractivity (Wildman–Crippen MR) is 364 cm³/mol. The van der Waals surface area contributed by atoms with E-state index in [1.807, 2.05) is 73.7 Å². The third kappa shape index (κ3) is 47.1. The quantitative estimate of drug-likeness (QED) is 0.0141. The highest BCUT2D eigenvalue weighted by Gasteiger charge is 2.10. The molecule has 8 nitrogen and oxygen atoms in total. The van der Waals surface area contributed by atoms with Crippen molar-refractivity contribution in [3.8, 4) is 5.75 Å². The molecule has 3 aromatic carbocycles. The van der Waals surface area contributed by atoms with Gasteiger partial charge in [0.1, 0.15) is 24.5 Å². The van der Waals surface area contributed by atoms with Crippen molar-refractivity contribution in [1.82, 2.24) is 0 Å². The van der Waals surface area contributed by atoms with Crippen molar-refractivity contribution in [1.29, 1.82) is 0 Å². The van der Waals surface area contributed by atoms with Gasteiger partial charge in [0.15, 0.2) is 0 Å². The molecule has 484 valence electrons. The summed E-state index contributed by atoms with van der Waals surface area (Å²) < 4.78 is 21.2. The number of hydrogen-bond donors (Lipinski definition) is 0. The standard InChI is InChI=1S/C28H42O4.C25H42O2.C25H40O2/c1-3-4-5-6-7-8-9-10-11-12-13-14-15-16-17-18-27(29)31-24-19-20-25-23(2)21-28(30)32-26(25)22-24;2*1-2-3-4-5-6-7-8-9-10-11-12-13-14-15-19-22-25(26)27-23-24-20-17-16-18-21-24/h19-22H,3-18H2,1-2H3;16-18,20-21H,2-15,19,22-23H2,1H3;9-10,16-18,20-21H,2-8,11-15,19,22-23H2,1H3/b;;10-9-. The minimum atomic E-state index is -0.392. The summed E-state index contributed by atoms with van der Waals surface area (Å²) in [5, 5.41) is 0.854. The minimum Gasteiger partial charge on any atom is -0.461 e. The van der Waals surface area contributed by atoms with E-state index in [1.54, 1.807) is 12.1 Å². The van der Waals surface area contributed by atoms with Crippen LogP contribution in [0.25, 0.3) is 11.0 Å². The monoisotopic (exact) mass is 1190 g/mol. The maximum absolute atomic E-state index is 12.1. The molecule has 0 radical (unpaired) electrons. The SMILES string of the molecule is CCCCCCCC/C=C\CCCCCCCC(=O)OCc1ccccc1.CCCCCCCCCCCCCCCCCC(=O)OCc1ccccc1.CCCCCCCCCCCCCCCCCC(=O)Oc1ccc2c(C)cc(=O)oc2c1. The van der Waals surface area contributed by atoms with Crippen molar-refractivity contribution < 1.29 is 33.0 Å². The van der Waals surface area contributed by atoms with Crippen LogP contribution in [-0.2, 0) is 37.1 Å². The average Bonchev–Trinajstić information content (AvgIpc) is 2.60. The van der Waals surface area contributed by atoms with Gasteiger partial charge >= 0.3 is 23.5 Å².